The van der Waals surface area contributed by atoms with Crippen molar-refractivity contribution in [2.24, 2.45) is 5.92 Å². The molecule has 0 saturated carbocycles. The summed E-state index contributed by atoms with van der Waals surface area (Å²) in [6.45, 7) is 2.62. The molecule has 4 rings (SSSR count). The van der Waals surface area contributed by atoms with E-state index in [0.717, 1.165) is 43.1 Å². The zero-order valence-electron chi connectivity index (χ0n) is 16.3. The lowest BCUT2D eigenvalue weighted by Gasteiger charge is -2.34. The Morgan fingerprint density at radius 3 is 2.45 bits per heavy atom. The van der Waals surface area contributed by atoms with E-state index in [2.05, 4.69) is 15.5 Å². The minimum atomic E-state index is -0.931. The van der Waals surface area contributed by atoms with E-state index >= 15 is 0 Å². The summed E-state index contributed by atoms with van der Waals surface area (Å²) in [5.41, 5.74) is 1.47. The standard InChI is InChI=1S/C20H24N4O4.ClH/c1-21-11-12-7-9-23(10-8-12)14-4-2-3-13-17(14)20(28)24(19(13)27)15-5-6-16(25)22-18(15)26;/h2-4,12,15,21H,5-11H2,1H3,(H,22,25,26);1H. The van der Waals surface area contributed by atoms with E-state index in [1.807, 2.05) is 13.1 Å². The summed E-state index contributed by atoms with van der Waals surface area (Å²) in [6.07, 6.45) is 2.32. The Kier molecular flexibility index (Phi) is 6.24. The Hall–Kier alpha value is -2.45. The summed E-state index contributed by atoms with van der Waals surface area (Å²) in [7, 11) is 1.95. The highest BCUT2D eigenvalue weighted by Gasteiger charge is 2.46. The number of fused-ring (bicyclic) bond motifs is 1. The normalized spacial score (nSPS) is 22.4. The van der Waals surface area contributed by atoms with Crippen molar-refractivity contribution in [1.82, 2.24) is 15.5 Å². The van der Waals surface area contributed by atoms with Gasteiger partial charge in [0, 0.05) is 19.5 Å². The molecule has 0 aliphatic carbocycles. The van der Waals surface area contributed by atoms with Crippen LogP contribution in [0.15, 0.2) is 18.2 Å². The van der Waals surface area contributed by atoms with Crippen molar-refractivity contribution in [1.29, 1.82) is 0 Å². The summed E-state index contributed by atoms with van der Waals surface area (Å²) in [5.74, 6) is -1.25. The number of carbonyl (C=O) groups excluding carboxylic acids is 4. The first kappa shape index (κ1) is 21.3. The Labute approximate surface area is 175 Å². The molecule has 4 amide bonds. The van der Waals surface area contributed by atoms with E-state index in [1.165, 1.54) is 0 Å². The molecule has 8 nitrogen and oxygen atoms in total. The molecule has 9 heteroatoms. The van der Waals surface area contributed by atoms with Gasteiger partial charge in [0.2, 0.25) is 11.8 Å². The second kappa shape index (κ2) is 8.51. The van der Waals surface area contributed by atoms with Crippen LogP contribution in [0, 0.1) is 5.92 Å². The smallest absolute Gasteiger partial charge is 0.264 e. The first-order chi connectivity index (χ1) is 13.5. The molecular formula is C20H25ClN4O4. The average molecular weight is 421 g/mol. The number of piperidine rings is 2. The van der Waals surface area contributed by atoms with Crippen LogP contribution in [0.1, 0.15) is 46.4 Å². The van der Waals surface area contributed by atoms with Gasteiger partial charge >= 0.3 is 0 Å². The lowest BCUT2D eigenvalue weighted by atomic mass is 9.95. The summed E-state index contributed by atoms with van der Waals surface area (Å²) in [6, 6.07) is 4.36. The van der Waals surface area contributed by atoms with Gasteiger partial charge in [-0.3, -0.25) is 29.4 Å². The van der Waals surface area contributed by atoms with Crippen LogP contribution in [-0.4, -0.2) is 61.3 Å². The number of benzene rings is 1. The van der Waals surface area contributed by atoms with E-state index in [0.29, 0.717) is 17.0 Å². The Morgan fingerprint density at radius 1 is 1.07 bits per heavy atom. The number of nitrogens with zero attached hydrogens (tertiary/aromatic N) is 2. The van der Waals surface area contributed by atoms with Gasteiger partial charge in [0.1, 0.15) is 6.04 Å². The van der Waals surface area contributed by atoms with Crippen molar-refractivity contribution < 1.29 is 19.2 Å². The molecule has 2 N–H and O–H groups in total. The van der Waals surface area contributed by atoms with E-state index in [4.69, 9.17) is 0 Å². The van der Waals surface area contributed by atoms with Gasteiger partial charge in [-0.25, -0.2) is 0 Å². The highest BCUT2D eigenvalue weighted by molar-refractivity contribution is 6.25. The Balaban J connectivity index is 0.00000240. The second-order valence-electron chi connectivity index (χ2n) is 7.64. The van der Waals surface area contributed by atoms with Crippen LogP contribution in [-0.2, 0) is 9.59 Å². The van der Waals surface area contributed by atoms with Crippen molar-refractivity contribution in [2.75, 3.05) is 31.6 Å². The maximum Gasteiger partial charge on any atom is 0.264 e. The fourth-order valence-corrected chi connectivity index (χ4v) is 4.43. The molecule has 0 radical (unpaired) electrons. The SMILES string of the molecule is CNCC1CCN(c2cccc3c2C(=O)N(C2CCC(=O)NC2=O)C3=O)CC1.Cl. The molecule has 0 aromatic heterocycles. The van der Waals surface area contributed by atoms with Crippen LogP contribution >= 0.6 is 12.4 Å². The molecule has 0 spiro atoms. The third-order valence-electron chi connectivity index (χ3n) is 5.89. The number of amides is 4. The van der Waals surface area contributed by atoms with Crippen molar-refractivity contribution in [3.05, 3.63) is 29.3 Å². The van der Waals surface area contributed by atoms with Crippen molar-refractivity contribution >= 4 is 41.7 Å². The molecular weight excluding hydrogens is 396 g/mol. The van der Waals surface area contributed by atoms with Gasteiger partial charge in [0.15, 0.2) is 0 Å². The predicted molar refractivity (Wildman–Crippen MR) is 109 cm³/mol. The van der Waals surface area contributed by atoms with Gasteiger partial charge in [0.25, 0.3) is 11.8 Å². The summed E-state index contributed by atoms with van der Waals surface area (Å²) in [4.78, 5) is 52.9. The van der Waals surface area contributed by atoms with Gasteiger partial charge in [-0.05, 0) is 50.9 Å². The molecule has 2 fully saturated rings. The predicted octanol–water partition coefficient (Wildman–Crippen LogP) is 0.945. The minimum absolute atomic E-state index is 0. The molecule has 1 aromatic rings. The monoisotopic (exact) mass is 420 g/mol. The average Bonchev–Trinajstić information content (AvgIpc) is 2.94. The topological polar surface area (TPSA) is 98.8 Å². The summed E-state index contributed by atoms with van der Waals surface area (Å²) >= 11 is 0. The minimum Gasteiger partial charge on any atom is -0.371 e. The van der Waals surface area contributed by atoms with Gasteiger partial charge in [-0.15, -0.1) is 12.4 Å². The van der Waals surface area contributed by atoms with Crippen molar-refractivity contribution in [3.63, 3.8) is 0 Å². The molecule has 29 heavy (non-hydrogen) atoms. The maximum atomic E-state index is 13.2. The van der Waals surface area contributed by atoms with Gasteiger partial charge < -0.3 is 10.2 Å². The third-order valence-corrected chi connectivity index (χ3v) is 5.89. The Bertz CT molecular complexity index is 851. The van der Waals surface area contributed by atoms with Crippen LogP contribution in [0.5, 0.6) is 0 Å². The van der Waals surface area contributed by atoms with Crippen LogP contribution in [0.4, 0.5) is 5.69 Å². The third kappa shape index (κ3) is 3.74. The van der Waals surface area contributed by atoms with E-state index in [-0.39, 0.29) is 31.2 Å². The molecule has 3 aliphatic rings. The quantitative estimate of drug-likeness (QED) is 0.703. The van der Waals surface area contributed by atoms with Crippen LogP contribution in [0.25, 0.3) is 0 Å². The van der Waals surface area contributed by atoms with E-state index in [1.54, 1.807) is 12.1 Å². The van der Waals surface area contributed by atoms with Crippen molar-refractivity contribution in [3.8, 4) is 0 Å². The van der Waals surface area contributed by atoms with Crippen LogP contribution in [0.3, 0.4) is 0 Å². The zero-order chi connectivity index (χ0) is 19.8. The highest BCUT2D eigenvalue weighted by atomic mass is 35.5. The van der Waals surface area contributed by atoms with E-state index < -0.39 is 23.8 Å². The number of hydrogen-bond donors (Lipinski definition) is 2. The molecule has 3 heterocycles. The zero-order valence-corrected chi connectivity index (χ0v) is 17.1. The largest absolute Gasteiger partial charge is 0.371 e. The van der Waals surface area contributed by atoms with E-state index in [9.17, 15) is 19.2 Å². The molecule has 2 saturated heterocycles. The Morgan fingerprint density at radius 2 is 1.79 bits per heavy atom. The molecule has 1 atom stereocenters. The highest BCUT2D eigenvalue weighted by Crippen LogP contribution is 2.35. The molecule has 0 bridgehead atoms. The van der Waals surface area contributed by atoms with Gasteiger partial charge in [-0.2, -0.15) is 0 Å². The number of imide groups is 2. The number of hydrogen-bond acceptors (Lipinski definition) is 6. The van der Waals surface area contributed by atoms with Crippen molar-refractivity contribution in [2.45, 2.75) is 31.7 Å². The fourth-order valence-electron chi connectivity index (χ4n) is 4.43. The number of halogens is 1. The molecule has 1 unspecified atom stereocenters. The lowest BCUT2D eigenvalue weighted by molar-refractivity contribution is -0.136. The summed E-state index contributed by atoms with van der Waals surface area (Å²) in [5, 5.41) is 5.44. The van der Waals surface area contributed by atoms with Gasteiger partial charge in [-0.1, -0.05) is 6.07 Å². The second-order valence-corrected chi connectivity index (χ2v) is 7.64. The molecule has 3 aliphatic heterocycles. The fraction of sp³-hybridized carbons (Fsp3) is 0.500. The molecule has 1 aromatic carbocycles. The lowest BCUT2D eigenvalue weighted by Crippen LogP contribution is -2.54. The van der Waals surface area contributed by atoms with Gasteiger partial charge in [0.05, 0.1) is 16.8 Å². The van der Waals surface area contributed by atoms with Crippen LogP contribution in [0.2, 0.25) is 0 Å². The molecule has 156 valence electrons. The number of carbonyl (C=O) groups is 4. The first-order valence-corrected chi connectivity index (χ1v) is 9.75. The number of rotatable bonds is 4. The maximum absolute atomic E-state index is 13.2. The first-order valence-electron chi connectivity index (χ1n) is 9.75. The summed E-state index contributed by atoms with van der Waals surface area (Å²) < 4.78 is 0. The van der Waals surface area contributed by atoms with Crippen LogP contribution < -0.4 is 15.5 Å². The number of nitrogens with one attached hydrogen (secondary N) is 2. The number of anilines is 1.